The van der Waals surface area contributed by atoms with E-state index in [1.807, 2.05) is 74.5 Å². The Kier molecular flexibility index (Phi) is 20.0. The lowest BCUT2D eigenvalue weighted by Crippen LogP contribution is -2.60. The van der Waals surface area contributed by atoms with E-state index in [1.54, 1.807) is 98.8 Å². The molecule has 6 rings (SSSR count). The van der Waals surface area contributed by atoms with Crippen LogP contribution in [0.2, 0.25) is 0 Å². The number of aliphatic hydroxyl groups excluding tert-OH is 1. The molecular formula is C58H68N2O12. The number of ketones is 1. The number of aliphatic hydroxyl groups is 1. The van der Waals surface area contributed by atoms with E-state index in [4.69, 9.17) is 18.9 Å². The monoisotopic (exact) mass is 984 g/mol. The fraction of sp³-hybridized carbons (Fsp3) is 0.397. The molecule has 14 nitrogen and oxygen atoms in total. The molecule has 2 fully saturated rings. The number of ether oxygens (including phenoxy) is 4. The molecule has 1 N–H and O–H groups in total. The minimum Gasteiger partial charge on any atom is -0.464 e. The number of carbonyl (C=O) groups is 7. The number of nitrogens with zero attached hydrogens (tertiary/aromatic N) is 2. The van der Waals surface area contributed by atoms with Crippen LogP contribution in [0.4, 0.5) is 0 Å². The Labute approximate surface area is 423 Å². The summed E-state index contributed by atoms with van der Waals surface area (Å²) in [5.74, 6) is -5.69. The molecular weight excluding hydrogens is 917 g/mol. The van der Waals surface area contributed by atoms with Gasteiger partial charge in [-0.1, -0.05) is 172 Å². The predicted molar refractivity (Wildman–Crippen MR) is 270 cm³/mol. The lowest BCUT2D eigenvalue weighted by Gasteiger charge is -2.37. The zero-order valence-electron chi connectivity index (χ0n) is 42.3. The molecule has 2 aliphatic rings. The van der Waals surface area contributed by atoms with E-state index in [0.29, 0.717) is 5.56 Å². The van der Waals surface area contributed by atoms with Crippen LogP contribution in [0.1, 0.15) is 88.5 Å². The van der Waals surface area contributed by atoms with E-state index >= 15 is 0 Å². The molecule has 0 saturated carbocycles. The second-order valence-corrected chi connectivity index (χ2v) is 17.9. The Morgan fingerprint density at radius 2 is 0.944 bits per heavy atom. The van der Waals surface area contributed by atoms with Crippen LogP contribution in [0.5, 0.6) is 0 Å². The number of hydrogen-bond donors (Lipinski definition) is 1. The molecule has 0 bridgehead atoms. The Morgan fingerprint density at radius 3 is 1.42 bits per heavy atom. The van der Waals surface area contributed by atoms with Crippen LogP contribution in [0.25, 0.3) is 0 Å². The number of unbranched alkanes of at least 4 members (excludes halogenated alkanes) is 2. The number of benzene rings is 4. The fourth-order valence-corrected chi connectivity index (χ4v) is 9.31. The van der Waals surface area contributed by atoms with E-state index in [1.165, 1.54) is 19.0 Å². The maximum absolute atomic E-state index is 14.3. The SMILES string of the molecule is CCC/C=C/CC1(C(=O)OCc2ccccc2)C(=O)N(C)C(Cc2ccccc2)(C(=O)OCC)C1=O.CCC/C=C/CC1(C(=O)OCc2ccccc2)C(=O)N(C)C(Cc2ccccc2)(C(=O)OCC)C1O. The summed E-state index contributed by atoms with van der Waals surface area (Å²) in [4.78, 5) is 98.4. The van der Waals surface area contributed by atoms with Crippen molar-refractivity contribution in [2.75, 3.05) is 27.3 Å². The summed E-state index contributed by atoms with van der Waals surface area (Å²) in [5, 5.41) is 11.9. The number of amides is 2. The third kappa shape index (κ3) is 11.4. The fourth-order valence-electron chi connectivity index (χ4n) is 9.31. The zero-order chi connectivity index (χ0) is 52.4. The van der Waals surface area contributed by atoms with E-state index in [9.17, 15) is 38.7 Å². The Morgan fingerprint density at radius 1 is 0.514 bits per heavy atom. The normalized spacial score (nSPS) is 22.7. The van der Waals surface area contributed by atoms with Gasteiger partial charge >= 0.3 is 23.9 Å². The molecule has 14 heteroatoms. The molecule has 2 amide bonds. The first-order valence-corrected chi connectivity index (χ1v) is 24.6. The number of carbonyl (C=O) groups excluding carboxylic acids is 7. The van der Waals surface area contributed by atoms with Gasteiger partial charge in [0.2, 0.25) is 22.8 Å². The van der Waals surface area contributed by atoms with Crippen LogP contribution in [-0.4, -0.2) is 101 Å². The smallest absolute Gasteiger partial charge is 0.340 e. The predicted octanol–water partition coefficient (Wildman–Crippen LogP) is 7.89. The van der Waals surface area contributed by atoms with E-state index in [-0.39, 0.29) is 52.1 Å². The topological polar surface area (TPSA) is 183 Å². The highest BCUT2D eigenvalue weighted by Crippen LogP contribution is 2.49. The third-order valence-corrected chi connectivity index (χ3v) is 13.3. The van der Waals surface area contributed by atoms with Crippen molar-refractivity contribution in [1.82, 2.24) is 9.80 Å². The molecule has 0 aliphatic carbocycles. The van der Waals surface area contributed by atoms with Crippen LogP contribution < -0.4 is 0 Å². The summed E-state index contributed by atoms with van der Waals surface area (Å²) in [6, 6.07) is 36.1. The first-order chi connectivity index (χ1) is 34.7. The maximum Gasteiger partial charge on any atom is 0.340 e. The van der Waals surface area contributed by atoms with Gasteiger partial charge in [-0.15, -0.1) is 0 Å². The Bertz CT molecular complexity index is 2530. The molecule has 382 valence electrons. The number of Topliss-reactive ketones (excluding diaryl/α,β-unsaturated/α-hetero) is 1. The average molecular weight is 985 g/mol. The quantitative estimate of drug-likeness (QED) is 0.0349. The van der Waals surface area contributed by atoms with Crippen molar-refractivity contribution in [1.29, 1.82) is 0 Å². The molecule has 72 heavy (non-hydrogen) atoms. The van der Waals surface area contributed by atoms with Crippen LogP contribution in [0.3, 0.4) is 0 Å². The number of allylic oxidation sites excluding steroid dienone is 4. The average Bonchev–Trinajstić information content (AvgIpc) is 3.66. The van der Waals surface area contributed by atoms with E-state index < -0.39 is 69.5 Å². The number of rotatable bonds is 22. The summed E-state index contributed by atoms with van der Waals surface area (Å²) in [7, 11) is 2.81. The van der Waals surface area contributed by atoms with Gasteiger partial charge in [0.1, 0.15) is 19.3 Å². The van der Waals surface area contributed by atoms with Gasteiger partial charge in [0.15, 0.2) is 16.7 Å². The van der Waals surface area contributed by atoms with Crippen molar-refractivity contribution in [3.05, 3.63) is 168 Å². The highest BCUT2D eigenvalue weighted by atomic mass is 16.6. The third-order valence-electron chi connectivity index (χ3n) is 13.3. The summed E-state index contributed by atoms with van der Waals surface area (Å²) in [6.07, 6.45) is 8.18. The van der Waals surface area contributed by atoms with Crippen molar-refractivity contribution in [3.63, 3.8) is 0 Å². The van der Waals surface area contributed by atoms with Crippen LogP contribution in [0.15, 0.2) is 146 Å². The van der Waals surface area contributed by atoms with Crippen LogP contribution in [-0.2, 0) is 78.6 Å². The molecule has 2 aliphatic heterocycles. The first-order valence-electron chi connectivity index (χ1n) is 24.6. The van der Waals surface area contributed by atoms with Gasteiger partial charge in [-0.05, 0) is 61.8 Å². The standard InChI is InChI=1S/C29H35NO6.C29H33NO6/c2*1-4-6-7-14-19-28(26(33)36-21-23-17-12-9-13-18-23)24(31)29(27(34)35-5-2,30(3)25(28)32)20-22-15-10-8-11-16-22/h7-18,24,31H,4-6,19-21H2,1-3H3;7-18H,4-6,19-21H2,1-3H3/b2*14-7+. The Hall–Kier alpha value is -7.19. The zero-order valence-corrected chi connectivity index (χ0v) is 42.3. The number of likely N-dealkylation sites (tertiary alicyclic amines) is 2. The van der Waals surface area contributed by atoms with Gasteiger partial charge in [-0.2, -0.15) is 0 Å². The maximum atomic E-state index is 14.3. The summed E-state index contributed by atoms with van der Waals surface area (Å²) in [6.45, 7) is 7.22. The number of esters is 4. The molecule has 4 aromatic rings. The van der Waals surface area contributed by atoms with E-state index in [0.717, 1.165) is 47.3 Å². The molecule has 5 atom stereocenters. The van der Waals surface area contributed by atoms with Crippen molar-refractivity contribution < 1.29 is 57.6 Å². The van der Waals surface area contributed by atoms with Crippen LogP contribution in [0, 0.1) is 10.8 Å². The minimum absolute atomic E-state index is 0.0114. The van der Waals surface area contributed by atoms with Crippen molar-refractivity contribution in [2.24, 2.45) is 10.8 Å². The number of hydrogen-bond acceptors (Lipinski definition) is 12. The molecule has 0 spiro atoms. The molecule has 4 aromatic carbocycles. The highest BCUT2D eigenvalue weighted by molar-refractivity contribution is 6.34. The van der Waals surface area contributed by atoms with Gasteiger partial charge in [0, 0.05) is 26.9 Å². The van der Waals surface area contributed by atoms with Gasteiger partial charge in [-0.3, -0.25) is 24.0 Å². The van der Waals surface area contributed by atoms with Gasteiger partial charge in [0.25, 0.3) is 0 Å². The molecule has 0 aromatic heterocycles. The summed E-state index contributed by atoms with van der Waals surface area (Å²) in [5.41, 5.74) is -5.11. The molecule has 5 unspecified atom stereocenters. The first kappa shape index (κ1) is 55.7. The van der Waals surface area contributed by atoms with Gasteiger partial charge in [-0.25, -0.2) is 9.59 Å². The van der Waals surface area contributed by atoms with Gasteiger partial charge < -0.3 is 33.9 Å². The van der Waals surface area contributed by atoms with Crippen LogP contribution >= 0.6 is 0 Å². The second-order valence-electron chi connectivity index (χ2n) is 17.9. The largest absolute Gasteiger partial charge is 0.464 e. The highest BCUT2D eigenvalue weighted by Gasteiger charge is 2.74. The minimum atomic E-state index is -2.19. The van der Waals surface area contributed by atoms with E-state index in [2.05, 4.69) is 0 Å². The summed E-state index contributed by atoms with van der Waals surface area (Å²) >= 11 is 0. The van der Waals surface area contributed by atoms with Crippen molar-refractivity contribution in [2.45, 2.75) is 109 Å². The van der Waals surface area contributed by atoms with Crippen molar-refractivity contribution in [3.8, 4) is 0 Å². The molecule has 2 saturated heterocycles. The lowest BCUT2D eigenvalue weighted by atomic mass is 9.72. The molecule has 0 radical (unpaired) electrons. The van der Waals surface area contributed by atoms with Gasteiger partial charge in [0.05, 0.1) is 13.2 Å². The van der Waals surface area contributed by atoms with Crippen molar-refractivity contribution >= 4 is 41.5 Å². The Balaban J connectivity index is 0.000000267. The number of likely N-dealkylation sites (N-methyl/N-ethyl adjacent to an activating group) is 2. The lowest BCUT2D eigenvalue weighted by molar-refractivity contribution is -0.171. The second kappa shape index (κ2) is 25.8. The summed E-state index contributed by atoms with van der Waals surface area (Å²) < 4.78 is 21.8. The molecule has 2 heterocycles.